The lowest BCUT2D eigenvalue weighted by Crippen LogP contribution is -2.47. The highest BCUT2D eigenvalue weighted by molar-refractivity contribution is 5.82. The molecule has 0 radical (unpaired) electrons. The molecule has 0 spiro atoms. The highest BCUT2D eigenvalue weighted by Crippen LogP contribution is 2.12. The summed E-state index contributed by atoms with van der Waals surface area (Å²) in [7, 11) is 0. The van der Waals surface area contributed by atoms with Crippen LogP contribution in [0.2, 0.25) is 0 Å². The fourth-order valence-electron chi connectivity index (χ4n) is 1.78. The maximum atomic E-state index is 11.7. The molecule has 6 nitrogen and oxygen atoms in total. The first-order valence-corrected chi connectivity index (χ1v) is 6.36. The van der Waals surface area contributed by atoms with E-state index in [0.717, 1.165) is 25.9 Å². The summed E-state index contributed by atoms with van der Waals surface area (Å²) in [5.74, 6) is -0.480. The van der Waals surface area contributed by atoms with Crippen LogP contribution in [-0.2, 0) is 9.59 Å². The van der Waals surface area contributed by atoms with Crippen molar-refractivity contribution in [2.75, 3.05) is 26.2 Å². The molecule has 18 heavy (non-hydrogen) atoms. The van der Waals surface area contributed by atoms with Crippen LogP contribution in [0, 0.1) is 5.41 Å². The van der Waals surface area contributed by atoms with Gasteiger partial charge in [0.2, 0.25) is 11.8 Å². The number of amides is 2. The zero-order valence-electron chi connectivity index (χ0n) is 11.2. The van der Waals surface area contributed by atoms with Crippen LogP contribution < -0.4 is 16.8 Å². The molecule has 104 valence electrons. The number of hydrogen-bond acceptors (Lipinski definition) is 4. The van der Waals surface area contributed by atoms with E-state index in [1.54, 1.807) is 13.8 Å². The minimum absolute atomic E-state index is 0.0696. The summed E-state index contributed by atoms with van der Waals surface area (Å²) < 4.78 is 0. The first kappa shape index (κ1) is 14.9. The zero-order chi connectivity index (χ0) is 13.8. The van der Waals surface area contributed by atoms with Crippen LogP contribution >= 0.6 is 0 Å². The Balaban J connectivity index is 2.28. The van der Waals surface area contributed by atoms with E-state index < -0.39 is 11.3 Å². The second-order valence-electron chi connectivity index (χ2n) is 5.64. The first-order valence-electron chi connectivity index (χ1n) is 6.36. The molecule has 0 bridgehead atoms. The molecule has 0 aromatic carbocycles. The number of rotatable bonds is 5. The molecular formula is C12H24N4O2. The van der Waals surface area contributed by atoms with Crippen LogP contribution in [0.4, 0.5) is 0 Å². The summed E-state index contributed by atoms with van der Waals surface area (Å²) in [6.45, 7) is 5.78. The monoisotopic (exact) mass is 256 g/mol. The number of piperidine rings is 1. The van der Waals surface area contributed by atoms with E-state index in [-0.39, 0.29) is 18.5 Å². The van der Waals surface area contributed by atoms with Gasteiger partial charge in [-0.15, -0.1) is 0 Å². The number of nitrogens with two attached hydrogens (primary N) is 2. The van der Waals surface area contributed by atoms with Crippen LogP contribution in [0.15, 0.2) is 0 Å². The Morgan fingerprint density at radius 2 is 1.89 bits per heavy atom. The number of likely N-dealkylation sites (tertiary alicyclic amines) is 1. The number of nitrogens with zero attached hydrogens (tertiary/aromatic N) is 1. The van der Waals surface area contributed by atoms with Gasteiger partial charge < -0.3 is 16.8 Å². The van der Waals surface area contributed by atoms with Gasteiger partial charge in [-0.1, -0.05) is 0 Å². The van der Waals surface area contributed by atoms with Crippen LogP contribution in [-0.4, -0.2) is 48.9 Å². The van der Waals surface area contributed by atoms with Crippen molar-refractivity contribution in [3.05, 3.63) is 0 Å². The Bertz CT molecular complexity index is 309. The van der Waals surface area contributed by atoms with Crippen molar-refractivity contribution in [1.82, 2.24) is 10.2 Å². The molecule has 1 saturated heterocycles. The number of primary amides is 1. The predicted octanol–water partition coefficient (Wildman–Crippen LogP) is -0.963. The van der Waals surface area contributed by atoms with E-state index >= 15 is 0 Å². The van der Waals surface area contributed by atoms with Crippen molar-refractivity contribution in [1.29, 1.82) is 0 Å². The molecule has 5 N–H and O–H groups in total. The number of carbonyl (C=O) groups is 2. The summed E-state index contributed by atoms with van der Waals surface area (Å²) >= 11 is 0. The van der Waals surface area contributed by atoms with Gasteiger partial charge >= 0.3 is 0 Å². The summed E-state index contributed by atoms with van der Waals surface area (Å²) in [4.78, 5) is 24.9. The van der Waals surface area contributed by atoms with Crippen LogP contribution in [0.5, 0.6) is 0 Å². The molecule has 0 unspecified atom stereocenters. The lowest BCUT2D eigenvalue weighted by molar-refractivity contribution is -0.127. The average Bonchev–Trinajstić information content (AvgIpc) is 2.29. The maximum absolute atomic E-state index is 11.7. The lowest BCUT2D eigenvalue weighted by atomic mass is 9.93. The molecule has 0 aromatic heterocycles. The number of carbonyl (C=O) groups excluding carboxylic acids is 2. The highest BCUT2D eigenvalue weighted by atomic mass is 16.2. The molecule has 0 atom stereocenters. The van der Waals surface area contributed by atoms with Crippen molar-refractivity contribution in [3.8, 4) is 0 Å². The van der Waals surface area contributed by atoms with Gasteiger partial charge in [0.05, 0.1) is 12.0 Å². The SMILES string of the molecule is CC(C)(CNC(=O)CN1CCC(N)CC1)C(N)=O. The number of nitrogens with one attached hydrogen (secondary N) is 1. The molecule has 6 heteroatoms. The van der Waals surface area contributed by atoms with E-state index in [1.165, 1.54) is 0 Å². The van der Waals surface area contributed by atoms with E-state index in [0.29, 0.717) is 6.54 Å². The third-order valence-corrected chi connectivity index (χ3v) is 3.39. The summed E-state index contributed by atoms with van der Waals surface area (Å²) in [6, 6.07) is 0.262. The molecule has 2 amide bonds. The number of hydrogen-bond donors (Lipinski definition) is 3. The Morgan fingerprint density at radius 1 is 1.33 bits per heavy atom. The molecular weight excluding hydrogens is 232 g/mol. The molecule has 1 heterocycles. The fraction of sp³-hybridized carbons (Fsp3) is 0.833. The zero-order valence-corrected chi connectivity index (χ0v) is 11.2. The van der Waals surface area contributed by atoms with Crippen LogP contribution in [0.25, 0.3) is 0 Å². The van der Waals surface area contributed by atoms with Gasteiger partial charge in [-0.2, -0.15) is 0 Å². The second-order valence-corrected chi connectivity index (χ2v) is 5.64. The van der Waals surface area contributed by atoms with Gasteiger partial charge in [0, 0.05) is 25.7 Å². The second kappa shape index (κ2) is 6.15. The Hall–Kier alpha value is -1.14. The van der Waals surface area contributed by atoms with Gasteiger partial charge in [-0.25, -0.2) is 0 Å². The van der Waals surface area contributed by atoms with Crippen molar-refractivity contribution in [2.24, 2.45) is 16.9 Å². The summed E-state index contributed by atoms with van der Waals surface area (Å²) in [5, 5.41) is 2.75. The molecule has 1 aliphatic heterocycles. The average molecular weight is 256 g/mol. The minimum Gasteiger partial charge on any atom is -0.369 e. The van der Waals surface area contributed by atoms with Gasteiger partial charge in [0.1, 0.15) is 0 Å². The molecule has 1 aliphatic rings. The third-order valence-electron chi connectivity index (χ3n) is 3.39. The van der Waals surface area contributed by atoms with E-state index in [9.17, 15) is 9.59 Å². The molecule has 1 fully saturated rings. The minimum atomic E-state index is -0.708. The summed E-state index contributed by atoms with van der Waals surface area (Å²) in [6.07, 6.45) is 1.86. The normalized spacial score (nSPS) is 18.6. The van der Waals surface area contributed by atoms with E-state index in [2.05, 4.69) is 10.2 Å². The van der Waals surface area contributed by atoms with Crippen LogP contribution in [0.1, 0.15) is 26.7 Å². The van der Waals surface area contributed by atoms with Crippen LogP contribution in [0.3, 0.4) is 0 Å². The fourth-order valence-corrected chi connectivity index (χ4v) is 1.78. The van der Waals surface area contributed by atoms with Crippen molar-refractivity contribution >= 4 is 11.8 Å². The topological polar surface area (TPSA) is 101 Å². The molecule has 0 aromatic rings. The predicted molar refractivity (Wildman–Crippen MR) is 69.6 cm³/mol. The summed E-state index contributed by atoms with van der Waals surface area (Å²) in [5.41, 5.74) is 10.3. The van der Waals surface area contributed by atoms with Crippen molar-refractivity contribution < 1.29 is 9.59 Å². The van der Waals surface area contributed by atoms with E-state index in [4.69, 9.17) is 11.5 Å². The Morgan fingerprint density at radius 3 is 2.39 bits per heavy atom. The Kier molecular flexibility index (Phi) is 5.10. The third kappa shape index (κ3) is 4.62. The first-order chi connectivity index (χ1) is 8.31. The van der Waals surface area contributed by atoms with Gasteiger partial charge in [0.15, 0.2) is 0 Å². The highest BCUT2D eigenvalue weighted by Gasteiger charge is 2.26. The molecule has 1 rings (SSSR count). The quantitative estimate of drug-likeness (QED) is 0.589. The van der Waals surface area contributed by atoms with E-state index in [1.807, 2.05) is 0 Å². The molecule has 0 saturated carbocycles. The largest absolute Gasteiger partial charge is 0.369 e. The standard InChI is InChI=1S/C12H24N4O2/c1-12(2,11(14)18)8-15-10(17)7-16-5-3-9(13)4-6-16/h9H,3-8,13H2,1-2H3,(H2,14,18)(H,15,17). The van der Waals surface area contributed by atoms with Crippen molar-refractivity contribution in [3.63, 3.8) is 0 Å². The smallest absolute Gasteiger partial charge is 0.234 e. The molecule has 0 aliphatic carbocycles. The Labute approximate surface area is 108 Å². The van der Waals surface area contributed by atoms with Crippen molar-refractivity contribution in [2.45, 2.75) is 32.7 Å². The lowest BCUT2D eigenvalue weighted by Gasteiger charge is -2.29. The van der Waals surface area contributed by atoms with Gasteiger partial charge in [-0.3, -0.25) is 14.5 Å². The van der Waals surface area contributed by atoms with Gasteiger partial charge in [-0.05, 0) is 26.7 Å². The van der Waals surface area contributed by atoms with Gasteiger partial charge in [0.25, 0.3) is 0 Å². The maximum Gasteiger partial charge on any atom is 0.234 e.